The van der Waals surface area contributed by atoms with Crippen molar-refractivity contribution in [2.75, 3.05) is 13.1 Å². The minimum atomic E-state index is -0.0784. The number of amides is 2. The van der Waals surface area contributed by atoms with E-state index in [2.05, 4.69) is 10.6 Å². The van der Waals surface area contributed by atoms with Gasteiger partial charge in [0.25, 0.3) is 0 Å². The highest BCUT2D eigenvalue weighted by Gasteiger charge is 1.90. The Balaban J connectivity index is -0.000000117. The Labute approximate surface area is 76.7 Å². The van der Waals surface area contributed by atoms with Crippen LogP contribution in [0.4, 0.5) is 0 Å². The van der Waals surface area contributed by atoms with E-state index in [4.69, 9.17) is 0 Å². The molecule has 0 radical (unpaired) electrons. The van der Waals surface area contributed by atoms with Gasteiger partial charge in [0.15, 0.2) is 0 Å². The lowest BCUT2D eigenvalue weighted by atomic mass is 10.5. The molecule has 76 valence electrons. The zero-order chi connectivity index (χ0) is 9.98. The highest BCUT2D eigenvalue weighted by molar-refractivity contribution is 5.74. The first kappa shape index (κ1) is 13.5. The zero-order valence-electron chi connectivity index (χ0n) is 8.23. The lowest BCUT2D eigenvalue weighted by Gasteiger charge is -2.01. The van der Waals surface area contributed by atoms with E-state index < -0.39 is 0 Å². The van der Waals surface area contributed by atoms with Crippen LogP contribution < -0.4 is 10.6 Å². The van der Waals surface area contributed by atoms with Gasteiger partial charge in [-0.25, -0.2) is 0 Å². The van der Waals surface area contributed by atoms with Crippen LogP contribution in [0, 0.1) is 0 Å². The van der Waals surface area contributed by atoms with E-state index in [1.165, 1.54) is 13.8 Å². The highest BCUT2D eigenvalue weighted by atomic mass is 16.2. The Bertz CT molecular complexity index is 127. The monoisotopic (exact) mass is 178 g/mol. The van der Waals surface area contributed by atoms with Crippen LogP contribution in [-0.4, -0.2) is 24.9 Å². The number of hydrogen-bond acceptors (Lipinski definition) is 2. The quantitative estimate of drug-likeness (QED) is 0.627. The Morgan fingerprint density at radius 3 is 1.42 bits per heavy atom. The molecule has 0 fully saturated rings. The summed E-state index contributed by atoms with van der Waals surface area (Å²) >= 11 is 0. The maximum absolute atomic E-state index is 10.3. The molecule has 4 nitrogen and oxygen atoms in total. The van der Waals surface area contributed by atoms with Crippen molar-refractivity contribution >= 4 is 11.8 Å². The average molecular weight is 178 g/mol. The smallest absolute Gasteiger partial charge is 0.216 e. The summed E-state index contributed by atoms with van der Waals surface area (Å²) in [6.07, 6.45) is 0. The summed E-state index contributed by atoms with van der Waals surface area (Å²) in [7, 11) is 0. The second-order valence-electron chi connectivity index (χ2n) is 1.97. The van der Waals surface area contributed by atoms with Crippen LogP contribution in [0.1, 0.15) is 30.5 Å². The third-order valence-corrected chi connectivity index (χ3v) is 0.873. The van der Waals surface area contributed by atoms with E-state index in [1.807, 2.05) is 13.8 Å². The Morgan fingerprint density at radius 1 is 1.00 bits per heavy atom. The lowest BCUT2D eigenvalue weighted by Crippen LogP contribution is -2.32. The van der Waals surface area contributed by atoms with Gasteiger partial charge in [0.2, 0.25) is 11.8 Å². The fraction of sp³-hybridized carbons (Fsp3) is 0.750. The van der Waals surface area contributed by atoms with Crippen LogP contribution in [0.5, 0.6) is 0 Å². The second kappa shape index (κ2) is 9.94. The van der Waals surface area contributed by atoms with Gasteiger partial charge in [-0.15, -0.1) is 0 Å². The molecule has 0 aliphatic heterocycles. The van der Waals surface area contributed by atoms with Gasteiger partial charge in [0.1, 0.15) is 0 Å². The van der Waals surface area contributed by atoms with Crippen LogP contribution in [0.2, 0.25) is 0 Å². The summed E-state index contributed by atoms with van der Waals surface area (Å²) in [5.41, 5.74) is 0. The standard InChI is InChI=1S/C6H12N2O2.C2H6.2H2/c1-5(9)7-3-4-8-6(2)10;1-2;;/h3-4H2,1-2H3,(H,7,9)(H,8,10);1-2H3;2*1H. The molecule has 2 N–H and O–H groups in total. The van der Waals surface area contributed by atoms with Crippen LogP contribution >= 0.6 is 0 Å². The Kier molecular flexibility index (Phi) is 11.2. The van der Waals surface area contributed by atoms with Gasteiger partial charge < -0.3 is 10.6 Å². The zero-order valence-corrected chi connectivity index (χ0v) is 8.23. The van der Waals surface area contributed by atoms with Gasteiger partial charge in [-0.2, -0.15) is 0 Å². The van der Waals surface area contributed by atoms with Gasteiger partial charge in [-0.05, 0) is 0 Å². The fourth-order valence-corrected chi connectivity index (χ4v) is 0.477. The molecule has 0 saturated carbocycles. The molecule has 2 amide bonds. The molecule has 0 heterocycles. The molecule has 0 aromatic heterocycles. The van der Waals surface area contributed by atoms with Gasteiger partial charge in [0.05, 0.1) is 0 Å². The van der Waals surface area contributed by atoms with E-state index in [0.717, 1.165) is 0 Å². The van der Waals surface area contributed by atoms with E-state index in [0.29, 0.717) is 13.1 Å². The highest BCUT2D eigenvalue weighted by Crippen LogP contribution is 1.61. The molecule has 0 aromatic carbocycles. The third kappa shape index (κ3) is 16.0. The summed E-state index contributed by atoms with van der Waals surface area (Å²) in [6, 6.07) is 0. The van der Waals surface area contributed by atoms with Crippen molar-refractivity contribution in [1.82, 2.24) is 10.6 Å². The molecule has 0 aromatic rings. The summed E-state index contributed by atoms with van der Waals surface area (Å²) < 4.78 is 0. The molecule has 12 heavy (non-hydrogen) atoms. The molecular formula is C8H22N2O2. The maximum atomic E-state index is 10.3. The molecule has 0 rings (SSSR count). The molecular weight excluding hydrogens is 156 g/mol. The summed E-state index contributed by atoms with van der Waals surface area (Å²) in [4.78, 5) is 20.5. The molecule has 0 spiro atoms. The topological polar surface area (TPSA) is 58.2 Å². The van der Waals surface area contributed by atoms with E-state index in [-0.39, 0.29) is 14.7 Å². The molecule has 0 bridgehead atoms. The third-order valence-electron chi connectivity index (χ3n) is 0.873. The SMILES string of the molecule is CC.CC(=O)NCCNC(C)=O.[HH].[HH]. The first-order valence-electron chi connectivity index (χ1n) is 4.12. The van der Waals surface area contributed by atoms with E-state index in [9.17, 15) is 9.59 Å². The minimum absolute atomic E-state index is 0. The summed E-state index contributed by atoms with van der Waals surface area (Å²) in [5.74, 6) is -0.157. The normalized spacial score (nSPS) is 7.67. The summed E-state index contributed by atoms with van der Waals surface area (Å²) in [6.45, 7) is 7.87. The molecule has 0 aliphatic rings. The number of hydrogen-bond donors (Lipinski definition) is 2. The maximum Gasteiger partial charge on any atom is 0.216 e. The van der Waals surface area contributed by atoms with Crippen molar-refractivity contribution in [1.29, 1.82) is 0 Å². The van der Waals surface area contributed by atoms with Gasteiger partial charge in [0, 0.05) is 29.8 Å². The molecule has 0 atom stereocenters. The fourth-order valence-electron chi connectivity index (χ4n) is 0.477. The van der Waals surface area contributed by atoms with Crippen molar-refractivity contribution in [3.05, 3.63) is 0 Å². The first-order chi connectivity index (χ1) is 5.63. The Hall–Kier alpha value is -1.06. The van der Waals surface area contributed by atoms with Crippen molar-refractivity contribution < 1.29 is 12.4 Å². The number of carbonyl (C=O) groups excluding carboxylic acids is 2. The summed E-state index contributed by atoms with van der Waals surface area (Å²) in [5, 5.41) is 5.09. The van der Waals surface area contributed by atoms with Crippen molar-refractivity contribution in [2.45, 2.75) is 27.7 Å². The van der Waals surface area contributed by atoms with Gasteiger partial charge in [-0.1, -0.05) is 13.8 Å². The molecule has 0 unspecified atom stereocenters. The van der Waals surface area contributed by atoms with Crippen LogP contribution in [0.25, 0.3) is 0 Å². The van der Waals surface area contributed by atoms with Crippen LogP contribution in [0.15, 0.2) is 0 Å². The minimum Gasteiger partial charge on any atom is -0.355 e. The van der Waals surface area contributed by atoms with Crippen molar-refractivity contribution in [2.24, 2.45) is 0 Å². The average Bonchev–Trinajstić information content (AvgIpc) is 2.02. The number of carbonyl (C=O) groups is 2. The first-order valence-corrected chi connectivity index (χ1v) is 4.12. The van der Waals surface area contributed by atoms with Crippen LogP contribution in [-0.2, 0) is 9.59 Å². The molecule has 0 saturated heterocycles. The predicted molar refractivity (Wildman–Crippen MR) is 52.9 cm³/mol. The molecule has 4 heteroatoms. The van der Waals surface area contributed by atoms with Crippen molar-refractivity contribution in [3.8, 4) is 0 Å². The van der Waals surface area contributed by atoms with Gasteiger partial charge in [-0.3, -0.25) is 9.59 Å². The van der Waals surface area contributed by atoms with Crippen LogP contribution in [0.3, 0.4) is 0 Å². The van der Waals surface area contributed by atoms with Crippen molar-refractivity contribution in [3.63, 3.8) is 0 Å². The van der Waals surface area contributed by atoms with Gasteiger partial charge >= 0.3 is 0 Å². The Morgan fingerprint density at radius 2 is 1.25 bits per heavy atom. The number of nitrogens with one attached hydrogen (secondary N) is 2. The largest absolute Gasteiger partial charge is 0.355 e. The molecule has 0 aliphatic carbocycles. The van der Waals surface area contributed by atoms with E-state index in [1.54, 1.807) is 0 Å². The second-order valence-corrected chi connectivity index (χ2v) is 1.97. The van der Waals surface area contributed by atoms with E-state index >= 15 is 0 Å². The number of rotatable bonds is 3. The lowest BCUT2D eigenvalue weighted by molar-refractivity contribution is -0.120. The predicted octanol–water partition coefficient (Wildman–Crippen LogP) is 0.777.